The van der Waals surface area contributed by atoms with E-state index in [1.807, 2.05) is 6.07 Å². The first-order valence-electron chi connectivity index (χ1n) is 8.80. The Balaban J connectivity index is 1.80. The van der Waals surface area contributed by atoms with E-state index in [-0.39, 0.29) is 38.6 Å². The zero-order valence-corrected chi connectivity index (χ0v) is 15.8. The molecular formula is C21H10ClN5O3. The summed E-state index contributed by atoms with van der Waals surface area (Å²) in [4.78, 5) is 40.0. The maximum Gasteiger partial charge on any atom is 0.269 e. The minimum Gasteiger partial charge on any atom is -0.275 e. The second kappa shape index (κ2) is 6.40. The normalized spacial score (nSPS) is 13.0. The van der Waals surface area contributed by atoms with Gasteiger partial charge in [0, 0.05) is 0 Å². The average molecular weight is 416 g/mol. The Morgan fingerprint density at radius 2 is 1.60 bits per heavy atom. The summed E-state index contributed by atoms with van der Waals surface area (Å²) in [5, 5.41) is 16.5. The van der Waals surface area contributed by atoms with E-state index in [1.54, 1.807) is 48.5 Å². The molecule has 8 nitrogen and oxygen atoms in total. The van der Waals surface area contributed by atoms with E-state index in [0.717, 1.165) is 9.47 Å². The molecule has 0 atom stereocenters. The van der Waals surface area contributed by atoms with Gasteiger partial charge in [-0.25, -0.2) is 4.90 Å². The number of nitrogens with zero attached hydrogens (tertiary/aromatic N) is 4. The van der Waals surface area contributed by atoms with Crippen LogP contribution in [0.25, 0.3) is 16.6 Å². The number of H-pyrrole nitrogens is 1. The van der Waals surface area contributed by atoms with Gasteiger partial charge in [-0.1, -0.05) is 35.9 Å². The summed E-state index contributed by atoms with van der Waals surface area (Å²) in [7, 11) is 0. The van der Waals surface area contributed by atoms with Crippen LogP contribution in [-0.4, -0.2) is 26.6 Å². The molecule has 0 radical (unpaired) electrons. The van der Waals surface area contributed by atoms with Gasteiger partial charge in [-0.3, -0.25) is 24.0 Å². The Hall–Kier alpha value is -4.22. The Morgan fingerprint density at radius 3 is 2.23 bits per heavy atom. The third-order valence-corrected chi connectivity index (χ3v) is 5.25. The third kappa shape index (κ3) is 2.33. The van der Waals surface area contributed by atoms with Crippen molar-refractivity contribution in [1.29, 1.82) is 5.26 Å². The summed E-state index contributed by atoms with van der Waals surface area (Å²) in [5.74, 6) is -1.26. The predicted octanol–water partition coefficient (Wildman–Crippen LogP) is 3.04. The van der Waals surface area contributed by atoms with Gasteiger partial charge >= 0.3 is 0 Å². The topological polar surface area (TPSA) is 112 Å². The van der Waals surface area contributed by atoms with Crippen LogP contribution in [0, 0.1) is 11.3 Å². The largest absolute Gasteiger partial charge is 0.275 e. The zero-order chi connectivity index (χ0) is 21.0. The SMILES string of the molecule is N#Cc1cc2[nH]nc(N3C(=O)c4ccccc4C3=O)c2c(=O)n1-c1ccccc1Cl. The molecule has 0 saturated carbocycles. The van der Waals surface area contributed by atoms with Crippen LogP contribution < -0.4 is 10.5 Å². The number of carbonyl (C=O) groups excluding carboxylic acids is 2. The van der Waals surface area contributed by atoms with Crippen LogP contribution in [0.5, 0.6) is 0 Å². The standard InChI is InChI=1S/C21H10ClN5O3/c22-14-7-3-4-8-16(14)26-11(10-23)9-15-17(21(26)30)18(25-24-15)27-19(28)12-5-1-2-6-13(12)20(27)29/h1-9H,(H,24,25). The Kier molecular flexibility index (Phi) is 3.81. The molecule has 9 heteroatoms. The van der Waals surface area contributed by atoms with Gasteiger partial charge in [0.2, 0.25) is 0 Å². The number of benzene rings is 2. The van der Waals surface area contributed by atoms with Crippen molar-refractivity contribution in [1.82, 2.24) is 14.8 Å². The van der Waals surface area contributed by atoms with Gasteiger partial charge in [0.25, 0.3) is 17.4 Å². The number of amides is 2. The van der Waals surface area contributed by atoms with Crippen LogP contribution in [-0.2, 0) is 0 Å². The first-order valence-corrected chi connectivity index (χ1v) is 9.17. The molecule has 4 aromatic rings. The number of hydrogen-bond donors (Lipinski definition) is 1. The van der Waals surface area contributed by atoms with Crippen molar-refractivity contribution in [3.8, 4) is 11.8 Å². The quantitative estimate of drug-likeness (QED) is 0.506. The number of aromatic nitrogens is 3. The van der Waals surface area contributed by atoms with Crippen molar-refractivity contribution in [2.75, 3.05) is 4.90 Å². The summed E-state index contributed by atoms with van der Waals surface area (Å²) < 4.78 is 1.14. The monoisotopic (exact) mass is 415 g/mol. The highest BCUT2D eigenvalue weighted by Gasteiger charge is 2.39. The average Bonchev–Trinajstić information content (AvgIpc) is 3.28. The Labute approximate surface area is 173 Å². The number of nitriles is 1. The second-order valence-corrected chi connectivity index (χ2v) is 6.97. The molecule has 1 aliphatic heterocycles. The van der Waals surface area contributed by atoms with Crippen LogP contribution in [0.3, 0.4) is 0 Å². The molecule has 2 aromatic carbocycles. The number of hydrogen-bond acceptors (Lipinski definition) is 5. The lowest BCUT2D eigenvalue weighted by Crippen LogP contribution is -2.31. The maximum atomic E-state index is 13.4. The van der Waals surface area contributed by atoms with E-state index in [1.165, 1.54) is 6.07 Å². The molecule has 3 heterocycles. The minimum absolute atomic E-state index is 0.00317. The van der Waals surface area contributed by atoms with Crippen LogP contribution in [0.4, 0.5) is 5.82 Å². The Morgan fingerprint density at radius 1 is 0.967 bits per heavy atom. The molecule has 0 saturated heterocycles. The van der Waals surface area contributed by atoms with E-state index < -0.39 is 17.4 Å². The van der Waals surface area contributed by atoms with Gasteiger partial charge in [0.1, 0.15) is 17.1 Å². The highest BCUT2D eigenvalue weighted by Crippen LogP contribution is 2.31. The van der Waals surface area contributed by atoms with Gasteiger partial charge in [-0.05, 0) is 30.3 Å². The summed E-state index contributed by atoms with van der Waals surface area (Å²) in [6.07, 6.45) is 0. The van der Waals surface area contributed by atoms with Crippen LogP contribution in [0.2, 0.25) is 5.02 Å². The maximum absolute atomic E-state index is 13.4. The molecule has 0 bridgehead atoms. The molecule has 0 aliphatic carbocycles. The molecule has 2 amide bonds. The number of carbonyl (C=O) groups is 2. The summed E-state index contributed by atoms with van der Waals surface area (Å²) in [6.45, 7) is 0. The van der Waals surface area contributed by atoms with Crippen LogP contribution in [0.15, 0.2) is 59.4 Å². The first-order chi connectivity index (χ1) is 14.5. The first kappa shape index (κ1) is 17.8. The lowest BCUT2D eigenvalue weighted by atomic mass is 10.1. The van der Waals surface area contributed by atoms with E-state index in [4.69, 9.17) is 11.6 Å². The Bertz CT molecular complexity index is 1460. The van der Waals surface area contributed by atoms with Crippen molar-refractivity contribution in [3.63, 3.8) is 0 Å². The number of para-hydroxylation sites is 1. The fraction of sp³-hybridized carbons (Fsp3) is 0. The number of imide groups is 1. The minimum atomic E-state index is -0.627. The van der Waals surface area contributed by atoms with E-state index in [9.17, 15) is 19.6 Å². The van der Waals surface area contributed by atoms with Crippen molar-refractivity contribution in [3.05, 3.63) is 86.8 Å². The van der Waals surface area contributed by atoms with Gasteiger partial charge in [-0.2, -0.15) is 10.4 Å². The number of nitrogens with one attached hydrogen (secondary N) is 1. The fourth-order valence-corrected chi connectivity index (χ4v) is 3.80. The van der Waals surface area contributed by atoms with E-state index in [0.29, 0.717) is 5.69 Å². The van der Waals surface area contributed by atoms with Gasteiger partial charge in [0.15, 0.2) is 5.82 Å². The summed E-state index contributed by atoms with van der Waals surface area (Å²) >= 11 is 6.25. The predicted molar refractivity (Wildman–Crippen MR) is 109 cm³/mol. The van der Waals surface area contributed by atoms with Gasteiger partial charge < -0.3 is 0 Å². The van der Waals surface area contributed by atoms with Crippen molar-refractivity contribution < 1.29 is 9.59 Å². The molecule has 0 spiro atoms. The molecule has 30 heavy (non-hydrogen) atoms. The number of pyridine rings is 1. The molecule has 144 valence electrons. The number of fused-ring (bicyclic) bond motifs is 2. The van der Waals surface area contributed by atoms with E-state index in [2.05, 4.69) is 10.2 Å². The lowest BCUT2D eigenvalue weighted by molar-refractivity contribution is 0.0925. The highest BCUT2D eigenvalue weighted by molar-refractivity contribution is 6.35. The number of aromatic amines is 1. The summed E-state index contributed by atoms with van der Waals surface area (Å²) in [6, 6.07) is 16.4. The van der Waals surface area contributed by atoms with Crippen LogP contribution in [0.1, 0.15) is 26.4 Å². The van der Waals surface area contributed by atoms with Gasteiger partial charge in [-0.15, -0.1) is 0 Å². The van der Waals surface area contributed by atoms with Crippen molar-refractivity contribution in [2.24, 2.45) is 0 Å². The molecule has 0 fully saturated rings. The smallest absolute Gasteiger partial charge is 0.269 e. The molecule has 5 rings (SSSR count). The number of anilines is 1. The van der Waals surface area contributed by atoms with Crippen LogP contribution >= 0.6 is 11.6 Å². The second-order valence-electron chi connectivity index (χ2n) is 6.56. The fourth-order valence-electron chi connectivity index (χ4n) is 3.58. The highest BCUT2D eigenvalue weighted by atomic mass is 35.5. The number of halogens is 1. The molecule has 1 N–H and O–H groups in total. The molecule has 2 aromatic heterocycles. The summed E-state index contributed by atoms with van der Waals surface area (Å²) in [5.41, 5.74) is 0.400. The third-order valence-electron chi connectivity index (χ3n) is 4.93. The molecular weight excluding hydrogens is 406 g/mol. The van der Waals surface area contributed by atoms with Gasteiger partial charge in [0.05, 0.1) is 27.4 Å². The molecule has 1 aliphatic rings. The zero-order valence-electron chi connectivity index (χ0n) is 15.1. The van der Waals surface area contributed by atoms with Crippen molar-refractivity contribution in [2.45, 2.75) is 0 Å². The number of rotatable bonds is 2. The van der Waals surface area contributed by atoms with Crippen molar-refractivity contribution >= 4 is 40.1 Å². The molecule has 0 unspecified atom stereocenters. The lowest BCUT2D eigenvalue weighted by Gasteiger charge is -2.13. The van der Waals surface area contributed by atoms with E-state index >= 15 is 0 Å².